The molecule has 1 aromatic carbocycles. The molecule has 1 fully saturated rings. The molecule has 0 spiro atoms. The minimum Gasteiger partial charge on any atom is -0.339 e. The number of nitrogens with one attached hydrogen (secondary N) is 2. The van der Waals surface area contributed by atoms with E-state index in [0.29, 0.717) is 12.0 Å². The molecule has 3 rings (SSSR count). The largest absolute Gasteiger partial charge is 0.471 e. The molecule has 0 radical (unpaired) electrons. The van der Waals surface area contributed by atoms with Gasteiger partial charge in [-0.1, -0.05) is 72.7 Å². The number of benzene rings is 1. The van der Waals surface area contributed by atoms with Gasteiger partial charge in [-0.25, -0.2) is 0 Å². The first-order valence-corrected chi connectivity index (χ1v) is 14.7. The van der Waals surface area contributed by atoms with E-state index < -0.39 is 42.5 Å². The Labute approximate surface area is 256 Å². The van der Waals surface area contributed by atoms with E-state index in [0.717, 1.165) is 21.6 Å². The maximum absolute atomic E-state index is 12.8. The number of rotatable bonds is 5. The van der Waals surface area contributed by atoms with Crippen LogP contribution in [0.3, 0.4) is 0 Å². The van der Waals surface area contributed by atoms with Crippen LogP contribution in [0.5, 0.6) is 0 Å². The standard InChI is InChI=1S/C20H18F3N5O3.C4H10.2C2H6.CH2Cl2/c21-20(22,23)19(31)26-11-17(29)28-7-3-6-16(28)18(30)27-15(8-24)14-10-25-9-12-4-1-2-5-13(12)14;1-4(2)3;2*1-2;2-1-3/h1-2,4-5,9-10,15-16H,3,6-7,11H2,(H,26,31)(H,27,30);4H,1-3H3;2*1-2H3;1H2. The van der Waals surface area contributed by atoms with Gasteiger partial charge in [-0.05, 0) is 24.1 Å². The fourth-order valence-electron chi connectivity index (χ4n) is 3.48. The molecule has 8 nitrogen and oxygen atoms in total. The third-order valence-electron chi connectivity index (χ3n) is 4.96. The Morgan fingerprint density at radius 1 is 1.10 bits per heavy atom. The van der Waals surface area contributed by atoms with Crippen LogP contribution in [-0.2, 0) is 14.4 Å². The maximum Gasteiger partial charge on any atom is 0.471 e. The zero-order chi connectivity index (χ0) is 32.9. The lowest BCUT2D eigenvalue weighted by molar-refractivity contribution is -0.174. The summed E-state index contributed by atoms with van der Waals surface area (Å²) < 4.78 is 36.9. The third kappa shape index (κ3) is 14.7. The van der Waals surface area contributed by atoms with Crippen LogP contribution in [-0.4, -0.2) is 58.3 Å². The van der Waals surface area contributed by atoms with Gasteiger partial charge in [0.1, 0.15) is 12.1 Å². The van der Waals surface area contributed by atoms with Crippen molar-refractivity contribution in [2.45, 2.75) is 79.6 Å². The van der Waals surface area contributed by atoms with Crippen molar-refractivity contribution < 1.29 is 27.6 Å². The monoisotopic (exact) mass is 635 g/mol. The molecule has 0 bridgehead atoms. The van der Waals surface area contributed by atoms with Crippen molar-refractivity contribution in [1.29, 1.82) is 5.26 Å². The lowest BCUT2D eigenvalue weighted by Gasteiger charge is -2.25. The molecule has 1 aromatic heterocycles. The summed E-state index contributed by atoms with van der Waals surface area (Å²) in [6.07, 6.45) is -1.25. The average molecular weight is 637 g/mol. The first-order valence-electron chi connectivity index (χ1n) is 13.7. The van der Waals surface area contributed by atoms with Gasteiger partial charge < -0.3 is 15.5 Å². The SMILES string of the molecule is CC.CC.CC(C)C.ClCCl.N#CC(NC(=O)C1CCCN1C(=O)CNC(=O)C(F)(F)F)c1cncc2ccccc12. The Bertz CT molecular complexity index is 1120. The van der Waals surface area contributed by atoms with Gasteiger partial charge in [0.2, 0.25) is 11.8 Å². The summed E-state index contributed by atoms with van der Waals surface area (Å²) in [6.45, 7) is 13.8. The minimum atomic E-state index is -5.10. The highest BCUT2D eigenvalue weighted by molar-refractivity contribution is 6.40. The molecule has 2 N–H and O–H groups in total. The predicted molar refractivity (Wildman–Crippen MR) is 162 cm³/mol. The van der Waals surface area contributed by atoms with E-state index in [1.807, 2.05) is 45.9 Å². The number of halogens is 5. The Kier molecular flexibility index (Phi) is 22.0. The molecule has 3 amide bonds. The van der Waals surface area contributed by atoms with Gasteiger partial charge in [-0.2, -0.15) is 18.4 Å². The quantitative estimate of drug-likeness (QED) is 0.354. The lowest BCUT2D eigenvalue weighted by Crippen LogP contribution is -2.50. The van der Waals surface area contributed by atoms with E-state index in [1.165, 1.54) is 11.5 Å². The van der Waals surface area contributed by atoms with Crippen LogP contribution >= 0.6 is 23.2 Å². The van der Waals surface area contributed by atoms with Crippen molar-refractivity contribution in [3.05, 3.63) is 42.2 Å². The van der Waals surface area contributed by atoms with Crippen molar-refractivity contribution in [2.75, 3.05) is 18.4 Å². The zero-order valence-corrected chi connectivity index (χ0v) is 26.7. The number of likely N-dealkylation sites (tertiary alicyclic amines) is 1. The first-order chi connectivity index (χ1) is 19.9. The third-order valence-corrected chi connectivity index (χ3v) is 4.96. The summed E-state index contributed by atoms with van der Waals surface area (Å²) in [5.74, 6) is -2.81. The second-order valence-corrected chi connectivity index (χ2v) is 9.59. The maximum atomic E-state index is 12.8. The molecule has 13 heteroatoms. The molecule has 0 saturated carbocycles. The van der Waals surface area contributed by atoms with Gasteiger partial charge in [0.05, 0.1) is 18.0 Å². The number of amides is 3. The highest BCUT2D eigenvalue weighted by atomic mass is 35.5. The molecule has 0 aliphatic carbocycles. The summed E-state index contributed by atoms with van der Waals surface area (Å²) >= 11 is 9.53. The van der Waals surface area contributed by atoms with Crippen molar-refractivity contribution in [3.63, 3.8) is 0 Å². The molecule has 1 aliphatic rings. The van der Waals surface area contributed by atoms with Crippen LogP contribution in [0, 0.1) is 17.2 Å². The Morgan fingerprint density at radius 3 is 2.17 bits per heavy atom. The summed E-state index contributed by atoms with van der Waals surface area (Å²) in [5, 5.41) is 15.4. The van der Waals surface area contributed by atoms with Crippen LogP contribution < -0.4 is 10.6 Å². The highest BCUT2D eigenvalue weighted by Crippen LogP contribution is 2.24. The topological polar surface area (TPSA) is 115 Å². The number of nitriles is 1. The summed E-state index contributed by atoms with van der Waals surface area (Å²) in [5.41, 5.74) is 0.488. The van der Waals surface area contributed by atoms with Crippen LogP contribution in [0.2, 0.25) is 0 Å². The van der Waals surface area contributed by atoms with Gasteiger partial charge in [0.25, 0.3) is 0 Å². The number of fused-ring (bicyclic) bond motifs is 1. The van der Waals surface area contributed by atoms with Crippen molar-refractivity contribution in [1.82, 2.24) is 20.5 Å². The summed E-state index contributed by atoms with van der Waals surface area (Å²) in [7, 11) is 0. The number of nitrogens with zero attached hydrogens (tertiary/aromatic N) is 3. The normalized spacial score (nSPS) is 14.2. The highest BCUT2D eigenvalue weighted by Gasteiger charge is 2.40. The van der Waals surface area contributed by atoms with E-state index in [-0.39, 0.29) is 18.3 Å². The molecule has 2 aromatic rings. The Balaban J connectivity index is 0. The number of hydrogen-bond acceptors (Lipinski definition) is 5. The number of aromatic nitrogens is 1. The van der Waals surface area contributed by atoms with Gasteiger partial charge in [0.15, 0.2) is 0 Å². The van der Waals surface area contributed by atoms with Crippen LogP contribution in [0.25, 0.3) is 10.8 Å². The second kappa shape index (κ2) is 22.5. The van der Waals surface area contributed by atoms with E-state index in [1.54, 1.807) is 18.3 Å². The molecule has 1 saturated heterocycles. The van der Waals surface area contributed by atoms with Gasteiger partial charge in [0, 0.05) is 29.9 Å². The summed E-state index contributed by atoms with van der Waals surface area (Å²) in [4.78, 5) is 41.2. The molecular weight excluding hydrogens is 594 g/mol. The van der Waals surface area contributed by atoms with Gasteiger partial charge in [-0.15, -0.1) is 23.2 Å². The minimum absolute atomic E-state index is 0.159. The smallest absolute Gasteiger partial charge is 0.339 e. The Hall–Kier alpha value is -3.10. The number of carbonyl (C=O) groups is 3. The molecule has 2 unspecified atom stereocenters. The molecule has 2 atom stereocenters. The van der Waals surface area contributed by atoms with E-state index in [4.69, 9.17) is 23.2 Å². The molecule has 1 aliphatic heterocycles. The summed E-state index contributed by atoms with van der Waals surface area (Å²) in [6, 6.07) is 7.23. The lowest BCUT2D eigenvalue weighted by atomic mass is 10.0. The van der Waals surface area contributed by atoms with E-state index in [2.05, 4.69) is 31.1 Å². The van der Waals surface area contributed by atoms with Crippen molar-refractivity contribution in [2.24, 2.45) is 5.92 Å². The number of hydrogen-bond donors (Lipinski definition) is 2. The van der Waals surface area contributed by atoms with Crippen LogP contribution in [0.1, 0.15) is 72.9 Å². The van der Waals surface area contributed by atoms with E-state index in [9.17, 15) is 32.8 Å². The second-order valence-electron chi connectivity index (χ2n) is 8.78. The fraction of sp³-hybridized carbons (Fsp3) is 0.552. The molecular formula is C29H42Cl2F3N5O3. The van der Waals surface area contributed by atoms with Crippen molar-refractivity contribution >= 4 is 51.7 Å². The zero-order valence-electron chi connectivity index (χ0n) is 25.2. The number of carbonyl (C=O) groups excluding carboxylic acids is 3. The van der Waals surface area contributed by atoms with E-state index >= 15 is 0 Å². The van der Waals surface area contributed by atoms with Crippen molar-refractivity contribution in [3.8, 4) is 6.07 Å². The van der Waals surface area contributed by atoms with Gasteiger partial charge >= 0.3 is 12.1 Å². The molecule has 42 heavy (non-hydrogen) atoms. The fourth-order valence-corrected chi connectivity index (χ4v) is 3.48. The Morgan fingerprint density at radius 2 is 1.64 bits per heavy atom. The van der Waals surface area contributed by atoms with Crippen LogP contribution in [0.15, 0.2) is 36.7 Å². The average Bonchev–Trinajstić information content (AvgIpc) is 3.46. The van der Waals surface area contributed by atoms with Crippen LogP contribution in [0.4, 0.5) is 13.2 Å². The molecule has 236 valence electrons. The van der Waals surface area contributed by atoms with Gasteiger partial charge in [-0.3, -0.25) is 19.4 Å². The predicted octanol–water partition coefficient (Wildman–Crippen LogP) is 6.72. The first kappa shape index (κ1) is 41.0. The number of alkyl halides is 5. The molecule has 2 heterocycles. The number of pyridine rings is 1.